The molecule has 2 atom stereocenters. The van der Waals surface area contributed by atoms with Crippen LogP contribution >= 0.6 is 0 Å². The maximum absolute atomic E-state index is 2.51. The van der Waals surface area contributed by atoms with E-state index in [1.165, 1.54) is 218 Å². The van der Waals surface area contributed by atoms with Gasteiger partial charge in [0.25, 0.3) is 0 Å². The first-order valence-corrected chi connectivity index (χ1v) is 19.7. The Labute approximate surface area is 257 Å². The smallest absolute Gasteiger partial charge is 0.0443 e. The Morgan fingerprint density at radius 1 is 0.225 bits per heavy atom. The van der Waals surface area contributed by atoms with Crippen molar-refractivity contribution < 1.29 is 0 Å². The van der Waals surface area contributed by atoms with Crippen molar-refractivity contribution in [2.24, 2.45) is 11.8 Å². The first-order chi connectivity index (χ1) is 19.7. The maximum atomic E-state index is 2.51. The highest BCUT2D eigenvalue weighted by Gasteiger charge is 2.06. The number of rotatable bonds is 35. The third-order valence-corrected chi connectivity index (χ3v) is 9.74. The van der Waals surface area contributed by atoms with Gasteiger partial charge in [-0.3, -0.25) is 0 Å². The summed E-state index contributed by atoms with van der Waals surface area (Å²) < 4.78 is 0. The minimum absolute atomic E-state index is 0.954. The van der Waals surface area contributed by atoms with E-state index in [1.807, 2.05) is 0 Å². The van der Waals surface area contributed by atoms with Crippen molar-refractivity contribution in [3.63, 3.8) is 0 Å². The topological polar surface area (TPSA) is 0 Å². The molecule has 242 valence electrons. The molecule has 0 N–H and O–H groups in total. The summed E-state index contributed by atoms with van der Waals surface area (Å²) in [5, 5.41) is 0. The highest BCUT2D eigenvalue weighted by Crippen LogP contribution is 2.22. The molecule has 0 aliphatic heterocycles. The number of hydrogen-bond acceptors (Lipinski definition) is 0. The van der Waals surface area contributed by atoms with Gasteiger partial charge in [0.05, 0.1) is 0 Å². The fraction of sp³-hybridized carbons (Fsp3) is 1.00. The van der Waals surface area contributed by atoms with Crippen molar-refractivity contribution >= 4 is 0 Å². The summed E-state index contributed by atoms with van der Waals surface area (Å²) in [5.41, 5.74) is 0. The van der Waals surface area contributed by atoms with Crippen LogP contribution in [-0.2, 0) is 0 Å². The third kappa shape index (κ3) is 34.2. The number of hydrogen-bond donors (Lipinski definition) is 0. The summed E-state index contributed by atoms with van der Waals surface area (Å²) >= 11 is 0. The van der Waals surface area contributed by atoms with Crippen LogP contribution in [0.25, 0.3) is 0 Å². The van der Waals surface area contributed by atoms with Crippen LogP contribution in [-0.4, -0.2) is 0 Å². The van der Waals surface area contributed by atoms with Crippen molar-refractivity contribution in [3.8, 4) is 0 Å². The van der Waals surface area contributed by atoms with Crippen LogP contribution in [0.4, 0.5) is 0 Å². The molecule has 0 saturated heterocycles. The monoisotopic (exact) mass is 563 g/mol. The van der Waals surface area contributed by atoms with E-state index in [-0.39, 0.29) is 0 Å². The lowest BCUT2D eigenvalue weighted by molar-refractivity contribution is 0.390. The molecule has 0 radical (unpaired) electrons. The largest absolute Gasteiger partial charge is 0.0654 e. The van der Waals surface area contributed by atoms with Crippen molar-refractivity contribution in [1.82, 2.24) is 0 Å². The van der Waals surface area contributed by atoms with Gasteiger partial charge in [-0.2, -0.15) is 0 Å². The van der Waals surface area contributed by atoms with Crippen molar-refractivity contribution in [2.75, 3.05) is 0 Å². The molecular weight excluding hydrogens is 480 g/mol. The van der Waals surface area contributed by atoms with Gasteiger partial charge >= 0.3 is 0 Å². The highest BCUT2D eigenvalue weighted by molar-refractivity contribution is 4.60. The van der Waals surface area contributed by atoms with Gasteiger partial charge in [0.1, 0.15) is 0 Å². The van der Waals surface area contributed by atoms with Gasteiger partial charge in [-0.25, -0.2) is 0 Å². The Morgan fingerprint density at radius 2 is 0.400 bits per heavy atom. The minimum Gasteiger partial charge on any atom is -0.0654 e. The van der Waals surface area contributed by atoms with Crippen LogP contribution in [0, 0.1) is 11.8 Å². The average Bonchev–Trinajstić information content (AvgIpc) is 2.95. The normalized spacial score (nSPS) is 13.2. The lowest BCUT2D eigenvalue weighted by Crippen LogP contribution is -1.99. The van der Waals surface area contributed by atoms with Crippen LogP contribution in [0.3, 0.4) is 0 Å². The fourth-order valence-electron chi connectivity index (χ4n) is 6.65. The molecule has 0 heteroatoms. The SMILES string of the molecule is CCCCCCCCCCCCCCCCCCCCCCC(C)CCCC(C)CCCCCCCCCCC. The predicted molar refractivity (Wildman–Crippen MR) is 187 cm³/mol. The first kappa shape index (κ1) is 40.0. The molecule has 0 bridgehead atoms. The van der Waals surface area contributed by atoms with E-state index >= 15 is 0 Å². The van der Waals surface area contributed by atoms with Gasteiger partial charge in [0, 0.05) is 0 Å². The van der Waals surface area contributed by atoms with Gasteiger partial charge in [0.2, 0.25) is 0 Å². The van der Waals surface area contributed by atoms with Crippen LogP contribution in [0.2, 0.25) is 0 Å². The second-order valence-corrected chi connectivity index (χ2v) is 14.3. The van der Waals surface area contributed by atoms with Gasteiger partial charge in [-0.05, 0) is 11.8 Å². The summed E-state index contributed by atoms with van der Waals surface area (Å²) in [5.74, 6) is 1.91. The molecular formula is C40H82. The third-order valence-electron chi connectivity index (χ3n) is 9.74. The molecule has 0 aromatic rings. The second kappa shape index (κ2) is 35.2. The Morgan fingerprint density at radius 3 is 0.625 bits per heavy atom. The zero-order chi connectivity index (χ0) is 29.2. The zero-order valence-electron chi connectivity index (χ0n) is 29.2. The van der Waals surface area contributed by atoms with E-state index in [1.54, 1.807) is 0 Å². The highest BCUT2D eigenvalue weighted by atomic mass is 14.1. The lowest BCUT2D eigenvalue weighted by atomic mass is 9.92. The molecule has 0 amide bonds. The molecule has 0 saturated carbocycles. The molecule has 0 aromatic heterocycles. The molecule has 0 fully saturated rings. The minimum atomic E-state index is 0.954. The molecule has 0 rings (SSSR count). The standard InChI is InChI=1S/C40H82/c1-5-7-9-11-13-15-16-17-18-19-20-21-22-23-24-25-27-29-31-33-36-40(4)38-34-37-39(3)35-32-30-28-26-14-12-10-8-6-2/h39-40H,5-38H2,1-4H3. The van der Waals surface area contributed by atoms with Crippen LogP contribution < -0.4 is 0 Å². The van der Waals surface area contributed by atoms with E-state index in [0.717, 1.165) is 11.8 Å². The summed E-state index contributed by atoms with van der Waals surface area (Å²) in [4.78, 5) is 0. The Balaban J connectivity index is 3.22. The molecule has 0 aliphatic rings. The molecule has 0 spiro atoms. The maximum Gasteiger partial charge on any atom is -0.0443 e. The Kier molecular flexibility index (Phi) is 35.2. The van der Waals surface area contributed by atoms with Crippen LogP contribution in [0.15, 0.2) is 0 Å². The lowest BCUT2D eigenvalue weighted by Gasteiger charge is -2.14. The molecule has 0 aliphatic carbocycles. The molecule has 0 aromatic carbocycles. The van der Waals surface area contributed by atoms with E-state index < -0.39 is 0 Å². The quantitative estimate of drug-likeness (QED) is 0.0674. The average molecular weight is 563 g/mol. The van der Waals surface area contributed by atoms with E-state index in [0.29, 0.717) is 0 Å². The molecule has 2 unspecified atom stereocenters. The predicted octanol–water partition coefficient (Wildman–Crippen LogP) is 15.6. The van der Waals surface area contributed by atoms with E-state index in [4.69, 9.17) is 0 Å². The Bertz CT molecular complexity index is 426. The first-order valence-electron chi connectivity index (χ1n) is 19.7. The van der Waals surface area contributed by atoms with Crippen LogP contribution in [0.1, 0.15) is 246 Å². The van der Waals surface area contributed by atoms with Crippen LogP contribution in [0.5, 0.6) is 0 Å². The number of unbranched alkanes of at least 4 members (excludes halogenated alkanes) is 27. The van der Waals surface area contributed by atoms with Gasteiger partial charge < -0.3 is 0 Å². The van der Waals surface area contributed by atoms with Crippen molar-refractivity contribution in [3.05, 3.63) is 0 Å². The molecule has 0 heterocycles. The zero-order valence-corrected chi connectivity index (χ0v) is 29.2. The van der Waals surface area contributed by atoms with Crippen molar-refractivity contribution in [1.29, 1.82) is 0 Å². The summed E-state index contributed by atoms with van der Waals surface area (Å²) in [6, 6.07) is 0. The molecule has 40 heavy (non-hydrogen) atoms. The summed E-state index contributed by atoms with van der Waals surface area (Å²) in [7, 11) is 0. The van der Waals surface area contributed by atoms with Gasteiger partial charge in [-0.1, -0.05) is 246 Å². The fourth-order valence-corrected chi connectivity index (χ4v) is 6.65. The van der Waals surface area contributed by atoms with E-state index in [9.17, 15) is 0 Å². The van der Waals surface area contributed by atoms with Crippen molar-refractivity contribution in [2.45, 2.75) is 246 Å². The summed E-state index contributed by atoms with van der Waals surface area (Å²) in [6.07, 6.45) is 50.1. The Hall–Kier alpha value is 0. The summed E-state index contributed by atoms with van der Waals surface area (Å²) in [6.45, 7) is 9.64. The van der Waals surface area contributed by atoms with Gasteiger partial charge in [0.15, 0.2) is 0 Å². The van der Waals surface area contributed by atoms with E-state index in [2.05, 4.69) is 27.7 Å². The van der Waals surface area contributed by atoms with Gasteiger partial charge in [-0.15, -0.1) is 0 Å². The second-order valence-electron chi connectivity index (χ2n) is 14.3. The molecule has 0 nitrogen and oxygen atoms in total.